The fourth-order valence-electron chi connectivity index (χ4n) is 5.06. The van der Waals surface area contributed by atoms with Crippen molar-refractivity contribution in [1.82, 2.24) is 14.5 Å². The average Bonchev–Trinajstić information content (AvgIpc) is 3.35. The van der Waals surface area contributed by atoms with Crippen LogP contribution in [0.15, 0.2) is 29.2 Å². The van der Waals surface area contributed by atoms with E-state index in [1.807, 2.05) is 0 Å². The van der Waals surface area contributed by atoms with Crippen molar-refractivity contribution in [3.05, 3.63) is 29.8 Å². The highest BCUT2D eigenvalue weighted by atomic mass is 32.2. The Balaban J connectivity index is 1.41. The predicted octanol–water partition coefficient (Wildman–Crippen LogP) is 2.24. The molecule has 30 heavy (non-hydrogen) atoms. The Morgan fingerprint density at radius 3 is 2.20 bits per heavy atom. The number of nitrogens with one attached hydrogen (secondary N) is 1. The highest BCUT2D eigenvalue weighted by Gasteiger charge is 2.39. The molecule has 3 aliphatic rings. The number of rotatable bonds is 6. The Bertz CT molecular complexity index is 822. The number of amides is 1. The third-order valence-electron chi connectivity index (χ3n) is 6.86. The summed E-state index contributed by atoms with van der Waals surface area (Å²) < 4.78 is 32.4. The molecule has 2 saturated heterocycles. The zero-order valence-corrected chi connectivity index (χ0v) is 18.5. The molecule has 8 heteroatoms. The molecule has 4 rings (SSSR count). The third kappa shape index (κ3) is 4.56. The fraction of sp³-hybridized carbons (Fsp3) is 0.682. The van der Waals surface area contributed by atoms with Crippen LogP contribution in [0.25, 0.3) is 0 Å². The lowest BCUT2D eigenvalue weighted by Crippen LogP contribution is -2.59. The smallest absolute Gasteiger partial charge is 0.251 e. The van der Waals surface area contributed by atoms with Crippen LogP contribution in [0.2, 0.25) is 0 Å². The first kappa shape index (κ1) is 21.7. The Hall–Kier alpha value is -1.48. The molecule has 1 aromatic rings. The molecule has 1 amide bonds. The largest absolute Gasteiger partial charge is 0.379 e. The number of benzene rings is 1. The highest BCUT2D eigenvalue weighted by molar-refractivity contribution is 7.89. The molecule has 0 radical (unpaired) electrons. The molecule has 0 spiro atoms. The molecule has 1 saturated carbocycles. The van der Waals surface area contributed by atoms with Crippen LogP contribution in [0.4, 0.5) is 0 Å². The molecular weight excluding hydrogens is 402 g/mol. The lowest BCUT2D eigenvalue weighted by molar-refractivity contribution is -0.0361. The van der Waals surface area contributed by atoms with Gasteiger partial charge in [0.1, 0.15) is 0 Å². The zero-order chi connectivity index (χ0) is 21.0. The van der Waals surface area contributed by atoms with Crippen molar-refractivity contribution in [3.63, 3.8) is 0 Å². The van der Waals surface area contributed by atoms with Crippen LogP contribution in [-0.2, 0) is 14.8 Å². The van der Waals surface area contributed by atoms with Crippen molar-refractivity contribution in [2.75, 3.05) is 45.9 Å². The van der Waals surface area contributed by atoms with Crippen molar-refractivity contribution in [1.29, 1.82) is 0 Å². The van der Waals surface area contributed by atoms with Gasteiger partial charge in [0.25, 0.3) is 5.91 Å². The highest BCUT2D eigenvalue weighted by Crippen LogP contribution is 2.34. The first-order chi connectivity index (χ1) is 14.5. The van der Waals surface area contributed by atoms with Gasteiger partial charge in [0.05, 0.1) is 18.1 Å². The summed E-state index contributed by atoms with van der Waals surface area (Å²) in [5.41, 5.74) is 0.514. The number of carbonyl (C=O) groups is 1. The zero-order valence-electron chi connectivity index (χ0n) is 17.6. The molecule has 2 aliphatic heterocycles. The van der Waals surface area contributed by atoms with Crippen LogP contribution in [0.3, 0.4) is 0 Å². The van der Waals surface area contributed by atoms with E-state index in [1.165, 1.54) is 23.6 Å². The van der Waals surface area contributed by atoms with E-state index in [-0.39, 0.29) is 16.3 Å². The third-order valence-corrected chi connectivity index (χ3v) is 8.78. The number of ether oxygens (including phenoxy) is 1. The summed E-state index contributed by atoms with van der Waals surface area (Å²) >= 11 is 0. The molecule has 0 bridgehead atoms. The van der Waals surface area contributed by atoms with Crippen molar-refractivity contribution in [3.8, 4) is 0 Å². The number of nitrogens with zero attached hydrogens (tertiary/aromatic N) is 2. The summed E-state index contributed by atoms with van der Waals surface area (Å²) in [5, 5.41) is 3.14. The van der Waals surface area contributed by atoms with E-state index >= 15 is 0 Å². The van der Waals surface area contributed by atoms with Gasteiger partial charge in [0.2, 0.25) is 10.0 Å². The van der Waals surface area contributed by atoms with Crippen molar-refractivity contribution < 1.29 is 17.9 Å². The number of hydrogen-bond donors (Lipinski definition) is 1. The van der Waals surface area contributed by atoms with E-state index in [0.29, 0.717) is 25.2 Å². The molecule has 0 unspecified atom stereocenters. The lowest BCUT2D eigenvalue weighted by atomic mass is 9.79. The number of sulfonamides is 1. The molecule has 166 valence electrons. The first-order valence-corrected chi connectivity index (χ1v) is 12.7. The molecule has 3 fully saturated rings. The van der Waals surface area contributed by atoms with E-state index in [2.05, 4.69) is 10.2 Å². The van der Waals surface area contributed by atoms with Gasteiger partial charge in [0, 0.05) is 43.8 Å². The normalized spacial score (nSPS) is 23.3. The SMILES string of the molecule is O=C(NCC1(N2CCOCC2)CCCCC1)c1ccc(S(=O)(=O)N2CCCC2)cc1. The van der Waals surface area contributed by atoms with Gasteiger partial charge in [-0.15, -0.1) is 0 Å². The van der Waals surface area contributed by atoms with Crippen molar-refractivity contribution >= 4 is 15.9 Å². The van der Waals surface area contributed by atoms with E-state index in [4.69, 9.17) is 4.74 Å². The van der Waals surface area contributed by atoms with E-state index in [1.54, 1.807) is 24.3 Å². The summed E-state index contributed by atoms with van der Waals surface area (Å²) in [6.45, 7) is 5.12. The maximum Gasteiger partial charge on any atom is 0.251 e. The Kier molecular flexibility index (Phi) is 6.77. The van der Waals surface area contributed by atoms with Crippen molar-refractivity contribution in [2.45, 2.75) is 55.4 Å². The molecule has 7 nitrogen and oxygen atoms in total. The number of hydrogen-bond acceptors (Lipinski definition) is 5. The second-order valence-electron chi connectivity index (χ2n) is 8.70. The summed E-state index contributed by atoms with van der Waals surface area (Å²) in [7, 11) is -3.45. The molecular formula is C22H33N3O4S. The van der Waals surface area contributed by atoms with Gasteiger partial charge in [-0.25, -0.2) is 8.42 Å². The van der Waals surface area contributed by atoms with Gasteiger partial charge in [-0.3, -0.25) is 9.69 Å². The maximum atomic E-state index is 12.8. The first-order valence-electron chi connectivity index (χ1n) is 11.2. The minimum absolute atomic E-state index is 0.0106. The van der Waals surface area contributed by atoms with E-state index in [9.17, 15) is 13.2 Å². The summed E-state index contributed by atoms with van der Waals surface area (Å²) in [5.74, 6) is -0.140. The van der Waals surface area contributed by atoms with Gasteiger partial charge in [0.15, 0.2) is 0 Å². The Morgan fingerprint density at radius 1 is 0.933 bits per heavy atom. The van der Waals surface area contributed by atoms with Crippen LogP contribution in [0.5, 0.6) is 0 Å². The van der Waals surface area contributed by atoms with E-state index in [0.717, 1.165) is 52.0 Å². The molecule has 2 heterocycles. The second-order valence-corrected chi connectivity index (χ2v) is 10.6. The molecule has 1 aromatic carbocycles. The molecule has 0 aromatic heterocycles. The quantitative estimate of drug-likeness (QED) is 0.741. The predicted molar refractivity (Wildman–Crippen MR) is 115 cm³/mol. The summed E-state index contributed by atoms with van der Waals surface area (Å²) in [6, 6.07) is 6.36. The van der Waals surface area contributed by atoms with Crippen molar-refractivity contribution in [2.24, 2.45) is 0 Å². The van der Waals surface area contributed by atoms with Crippen LogP contribution < -0.4 is 5.32 Å². The monoisotopic (exact) mass is 435 g/mol. The van der Waals surface area contributed by atoms with Crippen LogP contribution in [0, 0.1) is 0 Å². The lowest BCUT2D eigenvalue weighted by Gasteiger charge is -2.48. The van der Waals surface area contributed by atoms with Gasteiger partial charge < -0.3 is 10.1 Å². The average molecular weight is 436 g/mol. The van der Waals surface area contributed by atoms with Crippen LogP contribution in [0.1, 0.15) is 55.3 Å². The second kappa shape index (κ2) is 9.34. The van der Waals surface area contributed by atoms with Gasteiger partial charge >= 0.3 is 0 Å². The van der Waals surface area contributed by atoms with Gasteiger partial charge in [-0.05, 0) is 49.9 Å². The molecule has 0 atom stereocenters. The minimum Gasteiger partial charge on any atom is -0.379 e. The number of morpholine rings is 1. The standard InChI is InChI=1S/C22H33N3O4S/c26-21(19-6-8-20(9-7-19)30(27,28)25-12-4-5-13-25)23-18-22(10-2-1-3-11-22)24-14-16-29-17-15-24/h6-9H,1-5,10-18H2,(H,23,26). The fourth-order valence-corrected chi connectivity index (χ4v) is 6.57. The Morgan fingerprint density at radius 2 is 1.57 bits per heavy atom. The molecule has 1 aliphatic carbocycles. The summed E-state index contributed by atoms with van der Waals surface area (Å²) in [4.78, 5) is 15.6. The minimum atomic E-state index is -3.45. The van der Waals surface area contributed by atoms with Crippen LogP contribution >= 0.6 is 0 Å². The summed E-state index contributed by atoms with van der Waals surface area (Å²) in [6.07, 6.45) is 7.65. The van der Waals surface area contributed by atoms with Crippen LogP contribution in [-0.4, -0.2) is 75.0 Å². The number of carbonyl (C=O) groups excluding carboxylic acids is 1. The van der Waals surface area contributed by atoms with E-state index < -0.39 is 10.0 Å². The maximum absolute atomic E-state index is 12.8. The molecule has 1 N–H and O–H groups in total. The topological polar surface area (TPSA) is 79.0 Å². The van der Waals surface area contributed by atoms with Gasteiger partial charge in [-0.2, -0.15) is 4.31 Å². The van der Waals surface area contributed by atoms with Gasteiger partial charge in [-0.1, -0.05) is 19.3 Å². The Labute approximate surface area is 179 Å².